The molecule has 0 amide bonds. The van der Waals surface area contributed by atoms with E-state index in [9.17, 15) is 4.79 Å². The number of aliphatic carboxylic acids is 1. The van der Waals surface area contributed by atoms with Crippen LogP contribution in [0.4, 0.5) is 0 Å². The van der Waals surface area contributed by atoms with Gasteiger partial charge in [0.05, 0.1) is 13.5 Å². The number of methoxy groups -OCH3 is 1. The van der Waals surface area contributed by atoms with Gasteiger partial charge in [-0.3, -0.25) is 4.79 Å². The topological polar surface area (TPSA) is 49.8 Å². The molecule has 1 fully saturated rings. The molecule has 20 heavy (non-hydrogen) atoms. The highest BCUT2D eigenvalue weighted by atomic mass is 16.5. The molecular weight excluding hydrogens is 254 g/mol. The van der Waals surface area contributed by atoms with Gasteiger partial charge >= 0.3 is 5.97 Å². The van der Waals surface area contributed by atoms with E-state index in [0.29, 0.717) is 5.92 Å². The molecule has 0 aliphatic heterocycles. The maximum Gasteiger partial charge on any atom is 0.303 e. The van der Waals surface area contributed by atoms with E-state index in [1.807, 2.05) is 32.3 Å². The first-order valence-corrected chi connectivity index (χ1v) is 7.05. The van der Waals surface area contributed by atoms with Crippen molar-refractivity contribution in [1.82, 2.24) is 4.90 Å². The number of hydrogen-bond acceptors (Lipinski definition) is 3. The molecule has 2 rings (SSSR count). The van der Waals surface area contributed by atoms with Crippen molar-refractivity contribution in [3.8, 4) is 5.75 Å². The second-order valence-electron chi connectivity index (χ2n) is 5.82. The lowest BCUT2D eigenvalue weighted by Crippen LogP contribution is -2.14. The molecule has 0 saturated heterocycles. The zero-order chi connectivity index (χ0) is 14.7. The second-order valence-corrected chi connectivity index (χ2v) is 5.82. The highest BCUT2D eigenvalue weighted by Gasteiger charge is 2.35. The number of rotatable bonds is 7. The van der Waals surface area contributed by atoms with Gasteiger partial charge in [0.1, 0.15) is 5.75 Å². The summed E-state index contributed by atoms with van der Waals surface area (Å²) in [6.07, 6.45) is 2.43. The van der Waals surface area contributed by atoms with Crippen molar-refractivity contribution in [3.63, 3.8) is 0 Å². The molecule has 0 bridgehead atoms. The van der Waals surface area contributed by atoms with E-state index >= 15 is 0 Å². The summed E-state index contributed by atoms with van der Waals surface area (Å²) in [7, 11) is 5.70. The first-order valence-electron chi connectivity index (χ1n) is 7.05. The highest BCUT2D eigenvalue weighted by Crippen LogP contribution is 2.47. The van der Waals surface area contributed by atoms with Gasteiger partial charge < -0.3 is 14.7 Å². The quantitative estimate of drug-likeness (QED) is 0.832. The van der Waals surface area contributed by atoms with Crippen LogP contribution >= 0.6 is 0 Å². The summed E-state index contributed by atoms with van der Waals surface area (Å²) in [5, 5.41) is 9.15. The maximum atomic E-state index is 11.1. The van der Waals surface area contributed by atoms with Gasteiger partial charge in [-0.15, -0.1) is 0 Å². The minimum absolute atomic E-state index is 0.0737. The van der Waals surface area contributed by atoms with E-state index < -0.39 is 5.97 Å². The summed E-state index contributed by atoms with van der Waals surface area (Å²) in [6.45, 7) is 0.793. The van der Waals surface area contributed by atoms with Crippen molar-refractivity contribution < 1.29 is 14.6 Å². The van der Waals surface area contributed by atoms with Crippen molar-refractivity contribution in [2.45, 2.75) is 31.7 Å². The van der Waals surface area contributed by atoms with Crippen LogP contribution in [-0.4, -0.2) is 37.2 Å². The molecule has 1 N–H and O–H groups in total. The fourth-order valence-electron chi connectivity index (χ4n) is 2.83. The smallest absolute Gasteiger partial charge is 0.303 e. The number of carbonyl (C=O) groups is 1. The molecule has 0 radical (unpaired) electrons. The van der Waals surface area contributed by atoms with Crippen LogP contribution in [0.5, 0.6) is 5.75 Å². The molecule has 1 aromatic carbocycles. The zero-order valence-corrected chi connectivity index (χ0v) is 12.4. The van der Waals surface area contributed by atoms with Gasteiger partial charge in [-0.25, -0.2) is 0 Å². The van der Waals surface area contributed by atoms with Crippen molar-refractivity contribution >= 4 is 5.97 Å². The lowest BCUT2D eigenvalue weighted by Gasteiger charge is -2.21. The van der Waals surface area contributed by atoms with Gasteiger partial charge in [-0.2, -0.15) is 0 Å². The Kier molecular flexibility index (Phi) is 4.65. The third-order valence-corrected chi connectivity index (χ3v) is 3.80. The highest BCUT2D eigenvalue weighted by molar-refractivity contribution is 5.68. The summed E-state index contributed by atoms with van der Waals surface area (Å²) in [5.74, 6) is 0.695. The Morgan fingerprint density at radius 3 is 2.65 bits per heavy atom. The van der Waals surface area contributed by atoms with E-state index in [-0.39, 0.29) is 12.3 Å². The molecule has 1 atom stereocenters. The Morgan fingerprint density at radius 1 is 1.45 bits per heavy atom. The third-order valence-electron chi connectivity index (χ3n) is 3.80. The van der Waals surface area contributed by atoms with Crippen LogP contribution in [0, 0.1) is 5.92 Å². The van der Waals surface area contributed by atoms with Crippen molar-refractivity contribution in [1.29, 1.82) is 0 Å². The Balaban J connectivity index is 2.35. The fraction of sp³-hybridized carbons (Fsp3) is 0.562. The number of para-hydroxylation sites is 1. The predicted molar refractivity (Wildman–Crippen MR) is 78.1 cm³/mol. The molecule has 4 nitrogen and oxygen atoms in total. The van der Waals surface area contributed by atoms with Gasteiger partial charge in [0.15, 0.2) is 0 Å². The zero-order valence-electron chi connectivity index (χ0n) is 12.4. The normalized spacial score (nSPS) is 16.2. The van der Waals surface area contributed by atoms with Crippen LogP contribution in [0.25, 0.3) is 0 Å². The van der Waals surface area contributed by atoms with E-state index in [4.69, 9.17) is 9.84 Å². The number of hydrogen-bond donors (Lipinski definition) is 1. The summed E-state index contributed by atoms with van der Waals surface area (Å²) in [4.78, 5) is 13.2. The second kappa shape index (κ2) is 6.27. The average molecular weight is 277 g/mol. The Bertz CT molecular complexity index is 481. The van der Waals surface area contributed by atoms with Crippen LogP contribution < -0.4 is 4.74 Å². The molecule has 0 spiro atoms. The molecular formula is C16H23NO3. The van der Waals surface area contributed by atoms with Gasteiger partial charge in [0.25, 0.3) is 0 Å². The Hall–Kier alpha value is -1.55. The fourth-order valence-corrected chi connectivity index (χ4v) is 2.83. The van der Waals surface area contributed by atoms with Gasteiger partial charge in [-0.05, 0) is 38.4 Å². The molecule has 1 aliphatic rings. The summed E-state index contributed by atoms with van der Waals surface area (Å²) in [6, 6.07) is 6.07. The molecule has 1 saturated carbocycles. The van der Waals surface area contributed by atoms with E-state index in [0.717, 1.165) is 36.3 Å². The van der Waals surface area contributed by atoms with Gasteiger partial charge in [0, 0.05) is 18.0 Å². The monoisotopic (exact) mass is 277 g/mol. The number of benzene rings is 1. The standard InChI is InChI=1S/C16H23NO3/c1-17(2)10-12-5-4-6-13(16(12)20-3)14(9-15(18)19)11-7-8-11/h4-6,11,14H,7-10H2,1-3H3,(H,18,19). The number of nitrogens with zero attached hydrogens (tertiary/aromatic N) is 1. The minimum atomic E-state index is -0.734. The number of carboxylic acid groups (broad SMARTS) is 1. The minimum Gasteiger partial charge on any atom is -0.496 e. The van der Waals surface area contributed by atoms with Crippen LogP contribution in [-0.2, 0) is 11.3 Å². The number of ether oxygens (including phenoxy) is 1. The van der Waals surface area contributed by atoms with E-state index in [1.54, 1.807) is 7.11 Å². The molecule has 1 aliphatic carbocycles. The molecule has 110 valence electrons. The molecule has 0 aromatic heterocycles. The van der Waals surface area contributed by atoms with Crippen LogP contribution in [0.1, 0.15) is 36.3 Å². The van der Waals surface area contributed by atoms with Crippen molar-refractivity contribution in [3.05, 3.63) is 29.3 Å². The Morgan fingerprint density at radius 2 is 2.15 bits per heavy atom. The van der Waals surface area contributed by atoms with Crippen LogP contribution in [0.15, 0.2) is 18.2 Å². The molecule has 1 unspecified atom stereocenters. The predicted octanol–water partition coefficient (Wildman–Crippen LogP) is 2.73. The number of carboxylic acids is 1. The molecule has 4 heteroatoms. The maximum absolute atomic E-state index is 11.1. The van der Waals surface area contributed by atoms with Crippen molar-refractivity contribution in [2.24, 2.45) is 5.92 Å². The largest absolute Gasteiger partial charge is 0.496 e. The first-order chi connectivity index (χ1) is 9.52. The summed E-state index contributed by atoms with van der Waals surface area (Å²) in [5.41, 5.74) is 2.17. The van der Waals surface area contributed by atoms with E-state index in [2.05, 4.69) is 4.90 Å². The lowest BCUT2D eigenvalue weighted by atomic mass is 9.89. The van der Waals surface area contributed by atoms with Gasteiger partial charge in [0.2, 0.25) is 0 Å². The first kappa shape index (κ1) is 14.9. The lowest BCUT2D eigenvalue weighted by molar-refractivity contribution is -0.137. The van der Waals surface area contributed by atoms with Crippen LogP contribution in [0.2, 0.25) is 0 Å². The van der Waals surface area contributed by atoms with E-state index in [1.165, 1.54) is 0 Å². The summed E-state index contributed by atoms with van der Waals surface area (Å²) < 4.78 is 5.60. The van der Waals surface area contributed by atoms with Crippen LogP contribution in [0.3, 0.4) is 0 Å². The van der Waals surface area contributed by atoms with Crippen molar-refractivity contribution in [2.75, 3.05) is 21.2 Å². The molecule has 0 heterocycles. The third kappa shape index (κ3) is 3.51. The SMILES string of the molecule is COc1c(CN(C)C)cccc1C(CC(=O)O)C1CC1. The Labute approximate surface area is 120 Å². The van der Waals surface area contributed by atoms with Gasteiger partial charge in [-0.1, -0.05) is 18.2 Å². The molecule has 1 aromatic rings. The average Bonchev–Trinajstić information content (AvgIpc) is 3.19. The summed E-state index contributed by atoms with van der Waals surface area (Å²) >= 11 is 0.